The lowest BCUT2D eigenvalue weighted by molar-refractivity contribution is -0.112. The van der Waals surface area contributed by atoms with E-state index in [0.29, 0.717) is 30.4 Å². The molecule has 0 fully saturated rings. The van der Waals surface area contributed by atoms with Gasteiger partial charge in [-0.3, -0.25) is 4.79 Å². The summed E-state index contributed by atoms with van der Waals surface area (Å²) in [5.41, 5.74) is 2.70. The molecule has 0 N–H and O–H groups in total. The zero-order valence-corrected chi connectivity index (χ0v) is 15.4. The first-order chi connectivity index (χ1) is 13.2. The summed E-state index contributed by atoms with van der Waals surface area (Å²) in [6.45, 7) is 6.60. The standard InChI is InChI=1S/C21H21N3O3/c1-4-12-24-17-9-7-6-8-16(17)20(21(24)25)23-22-14-15-10-11-18(27-5-2)19(13-15)26-3/h4,6-11,13-14H,1,5,12H2,2-3H3/b22-14-,23-20-. The Morgan fingerprint density at radius 2 is 2.00 bits per heavy atom. The lowest BCUT2D eigenvalue weighted by Crippen LogP contribution is -2.30. The Morgan fingerprint density at radius 3 is 2.74 bits per heavy atom. The molecule has 0 aliphatic carbocycles. The van der Waals surface area contributed by atoms with Crippen molar-refractivity contribution in [3.05, 3.63) is 66.2 Å². The van der Waals surface area contributed by atoms with E-state index in [2.05, 4.69) is 16.8 Å². The summed E-state index contributed by atoms with van der Waals surface area (Å²) in [7, 11) is 1.58. The molecule has 0 radical (unpaired) electrons. The molecule has 6 nitrogen and oxygen atoms in total. The highest BCUT2D eigenvalue weighted by atomic mass is 16.5. The van der Waals surface area contributed by atoms with Gasteiger partial charge in [-0.05, 0) is 36.8 Å². The van der Waals surface area contributed by atoms with E-state index < -0.39 is 0 Å². The van der Waals surface area contributed by atoms with Crippen molar-refractivity contribution < 1.29 is 14.3 Å². The number of carbonyl (C=O) groups excluding carboxylic acids is 1. The van der Waals surface area contributed by atoms with Gasteiger partial charge in [0.05, 0.1) is 25.6 Å². The molecule has 0 atom stereocenters. The van der Waals surface area contributed by atoms with Gasteiger partial charge in [-0.25, -0.2) is 0 Å². The molecule has 0 unspecified atom stereocenters. The average molecular weight is 363 g/mol. The Balaban J connectivity index is 1.87. The molecule has 6 heteroatoms. The third-order valence-electron chi connectivity index (χ3n) is 4.06. The van der Waals surface area contributed by atoms with Gasteiger partial charge >= 0.3 is 0 Å². The van der Waals surface area contributed by atoms with Crippen LogP contribution in [-0.2, 0) is 4.79 Å². The Labute approximate surface area is 158 Å². The number of benzene rings is 2. The molecule has 0 saturated heterocycles. The van der Waals surface area contributed by atoms with Gasteiger partial charge in [-0.1, -0.05) is 24.3 Å². The topological polar surface area (TPSA) is 63.5 Å². The normalized spacial score (nSPS) is 14.7. The van der Waals surface area contributed by atoms with Crippen LogP contribution in [0.1, 0.15) is 18.1 Å². The molecule has 0 spiro atoms. The van der Waals surface area contributed by atoms with Gasteiger partial charge in [0.15, 0.2) is 17.2 Å². The van der Waals surface area contributed by atoms with E-state index in [0.717, 1.165) is 16.8 Å². The minimum Gasteiger partial charge on any atom is -0.493 e. The highest BCUT2D eigenvalue weighted by Gasteiger charge is 2.32. The highest BCUT2D eigenvalue weighted by molar-refractivity contribution is 6.54. The molecule has 3 rings (SSSR count). The fraction of sp³-hybridized carbons (Fsp3) is 0.190. The summed E-state index contributed by atoms with van der Waals surface area (Å²) in [5, 5.41) is 8.29. The van der Waals surface area contributed by atoms with E-state index in [1.165, 1.54) is 0 Å². The molecule has 1 aliphatic rings. The van der Waals surface area contributed by atoms with Gasteiger partial charge < -0.3 is 14.4 Å². The first kappa shape index (κ1) is 18.4. The van der Waals surface area contributed by atoms with E-state index in [-0.39, 0.29) is 5.91 Å². The number of nitrogens with zero attached hydrogens (tertiary/aromatic N) is 3. The van der Waals surface area contributed by atoms with Crippen LogP contribution in [0.25, 0.3) is 0 Å². The minimum absolute atomic E-state index is 0.183. The number of amides is 1. The minimum atomic E-state index is -0.183. The first-order valence-electron chi connectivity index (χ1n) is 8.63. The van der Waals surface area contributed by atoms with Crippen LogP contribution in [0.4, 0.5) is 5.69 Å². The predicted molar refractivity (Wildman–Crippen MR) is 107 cm³/mol. The lowest BCUT2D eigenvalue weighted by atomic mass is 10.1. The van der Waals surface area contributed by atoms with Crippen molar-refractivity contribution >= 4 is 23.5 Å². The first-order valence-corrected chi connectivity index (χ1v) is 8.63. The van der Waals surface area contributed by atoms with Gasteiger partial charge in [-0.2, -0.15) is 5.10 Å². The summed E-state index contributed by atoms with van der Waals surface area (Å²) < 4.78 is 10.8. The van der Waals surface area contributed by atoms with Crippen molar-refractivity contribution in [1.82, 2.24) is 0 Å². The third-order valence-corrected chi connectivity index (χ3v) is 4.06. The third kappa shape index (κ3) is 3.74. The van der Waals surface area contributed by atoms with Crippen LogP contribution >= 0.6 is 0 Å². The second kappa shape index (κ2) is 8.31. The maximum Gasteiger partial charge on any atom is 0.279 e. The predicted octanol–water partition coefficient (Wildman–Crippen LogP) is 3.45. The largest absolute Gasteiger partial charge is 0.493 e. The molecule has 2 aromatic rings. The number of ether oxygens (including phenoxy) is 2. The van der Waals surface area contributed by atoms with Crippen molar-refractivity contribution in [1.29, 1.82) is 0 Å². The average Bonchev–Trinajstić information content (AvgIpc) is 2.95. The van der Waals surface area contributed by atoms with Crippen molar-refractivity contribution in [2.24, 2.45) is 10.2 Å². The summed E-state index contributed by atoms with van der Waals surface area (Å²) in [4.78, 5) is 14.3. The Bertz CT molecular complexity index is 919. The Kier molecular flexibility index (Phi) is 5.66. The van der Waals surface area contributed by atoms with Crippen molar-refractivity contribution in [3.63, 3.8) is 0 Å². The van der Waals surface area contributed by atoms with Crippen molar-refractivity contribution in [2.45, 2.75) is 6.92 Å². The van der Waals surface area contributed by atoms with Gasteiger partial charge in [0, 0.05) is 12.1 Å². The second-order valence-corrected chi connectivity index (χ2v) is 5.76. The molecule has 0 saturated carbocycles. The van der Waals surface area contributed by atoms with Crippen LogP contribution < -0.4 is 14.4 Å². The van der Waals surface area contributed by atoms with Crippen LogP contribution in [0.5, 0.6) is 11.5 Å². The van der Waals surface area contributed by atoms with Crippen LogP contribution in [0.15, 0.2) is 65.3 Å². The van der Waals surface area contributed by atoms with E-state index >= 15 is 0 Å². The number of para-hydroxylation sites is 1. The van der Waals surface area contributed by atoms with Gasteiger partial charge in [0.25, 0.3) is 5.91 Å². The molecule has 0 aromatic heterocycles. The van der Waals surface area contributed by atoms with Gasteiger partial charge in [-0.15, -0.1) is 11.7 Å². The zero-order chi connectivity index (χ0) is 19.2. The number of anilines is 1. The van der Waals surface area contributed by atoms with E-state index in [4.69, 9.17) is 9.47 Å². The van der Waals surface area contributed by atoms with E-state index in [9.17, 15) is 4.79 Å². The fourth-order valence-electron chi connectivity index (χ4n) is 2.86. The van der Waals surface area contributed by atoms with Gasteiger partial charge in [0.1, 0.15) is 0 Å². The number of fused-ring (bicyclic) bond motifs is 1. The molecular formula is C21H21N3O3. The summed E-state index contributed by atoms with van der Waals surface area (Å²) in [6.07, 6.45) is 3.27. The second-order valence-electron chi connectivity index (χ2n) is 5.76. The van der Waals surface area contributed by atoms with Crippen LogP contribution in [0.2, 0.25) is 0 Å². The summed E-state index contributed by atoms with van der Waals surface area (Å²) in [5.74, 6) is 1.11. The number of hydrogen-bond donors (Lipinski definition) is 0. The fourth-order valence-corrected chi connectivity index (χ4v) is 2.86. The molecule has 1 heterocycles. The Hall–Kier alpha value is -3.41. The van der Waals surface area contributed by atoms with Crippen LogP contribution in [-0.4, -0.2) is 38.1 Å². The van der Waals surface area contributed by atoms with Crippen LogP contribution in [0, 0.1) is 0 Å². The van der Waals surface area contributed by atoms with Crippen molar-refractivity contribution in [3.8, 4) is 11.5 Å². The highest BCUT2D eigenvalue weighted by Crippen LogP contribution is 2.29. The smallest absolute Gasteiger partial charge is 0.279 e. The van der Waals surface area contributed by atoms with E-state index in [1.807, 2.05) is 49.4 Å². The maximum absolute atomic E-state index is 12.6. The molecular weight excluding hydrogens is 342 g/mol. The quantitative estimate of drug-likeness (QED) is 0.430. The maximum atomic E-state index is 12.6. The molecule has 138 valence electrons. The number of hydrogen-bond acceptors (Lipinski definition) is 5. The molecule has 1 aliphatic heterocycles. The van der Waals surface area contributed by atoms with Gasteiger partial charge in [0.2, 0.25) is 0 Å². The number of rotatable bonds is 7. The monoisotopic (exact) mass is 363 g/mol. The van der Waals surface area contributed by atoms with Crippen LogP contribution in [0.3, 0.4) is 0 Å². The summed E-state index contributed by atoms with van der Waals surface area (Å²) in [6, 6.07) is 13.0. The summed E-state index contributed by atoms with van der Waals surface area (Å²) >= 11 is 0. The molecule has 27 heavy (non-hydrogen) atoms. The molecule has 0 bridgehead atoms. The van der Waals surface area contributed by atoms with Crippen molar-refractivity contribution in [2.75, 3.05) is 25.2 Å². The number of methoxy groups -OCH3 is 1. The molecule has 1 amide bonds. The lowest BCUT2D eigenvalue weighted by Gasteiger charge is -2.13. The number of carbonyl (C=O) groups is 1. The van der Waals surface area contributed by atoms with E-state index in [1.54, 1.807) is 24.3 Å². The zero-order valence-electron chi connectivity index (χ0n) is 15.4. The Morgan fingerprint density at radius 1 is 1.19 bits per heavy atom. The SMILES string of the molecule is C=CCN1C(=O)/C(=N\N=C/c2ccc(OCC)c(OC)c2)c2ccccc21. The molecule has 2 aromatic carbocycles.